The van der Waals surface area contributed by atoms with Crippen LogP contribution in [0, 0.1) is 6.92 Å². The Morgan fingerprint density at radius 3 is 2.30 bits per heavy atom. The van der Waals surface area contributed by atoms with Gasteiger partial charge in [-0.2, -0.15) is 0 Å². The zero-order chi connectivity index (χ0) is 25.3. The van der Waals surface area contributed by atoms with Crippen molar-refractivity contribution in [2.24, 2.45) is 4.99 Å². The van der Waals surface area contributed by atoms with E-state index in [9.17, 15) is 24.3 Å². The number of carbonyl (C=O) groups is 4. The molecule has 1 rings (SSSR count). The lowest BCUT2D eigenvalue weighted by Crippen LogP contribution is -2.27. The molecule has 0 unspecified atom stereocenters. The fourth-order valence-electron chi connectivity index (χ4n) is 2.57. The lowest BCUT2D eigenvalue weighted by Gasteiger charge is -2.20. The number of amides is 3. The van der Waals surface area contributed by atoms with Crippen LogP contribution < -0.4 is 10.6 Å². The maximum absolute atomic E-state index is 12.3. The number of aliphatic carboxylic acids is 1. The first-order valence-corrected chi connectivity index (χ1v) is 10.2. The monoisotopic (exact) mass is 457 g/mol. The number of hydrogen-bond donors (Lipinski definition) is 3. The van der Waals surface area contributed by atoms with Gasteiger partial charge in [-0.3, -0.25) is 4.79 Å². The predicted molar refractivity (Wildman–Crippen MR) is 125 cm³/mol. The van der Waals surface area contributed by atoms with E-state index in [0.717, 1.165) is 11.6 Å². The number of urea groups is 1. The van der Waals surface area contributed by atoms with Crippen LogP contribution in [-0.2, 0) is 20.9 Å². The molecule has 1 aromatic rings. The standard InChI is InChI=1S/C24H31N3O6/c1-14(2)27-23(32)26-13-18(21(29)30)11-16(4)20(28)25-12-17-8-9-19(15(3)10-17)22(31)33-24(5,6)7/h8-11H,4,12-13H2,1-3,5-7H3,(H,25,28)(H,26,32)(H,29,30)/b18-11+. The molecule has 0 aliphatic carbocycles. The van der Waals surface area contributed by atoms with Gasteiger partial charge < -0.3 is 20.5 Å². The molecular formula is C24H31N3O6. The summed E-state index contributed by atoms with van der Waals surface area (Å²) in [5, 5.41) is 14.3. The Hall–Kier alpha value is -3.75. The molecule has 9 nitrogen and oxygen atoms in total. The van der Waals surface area contributed by atoms with Crippen LogP contribution in [0.25, 0.3) is 0 Å². The van der Waals surface area contributed by atoms with Crippen LogP contribution in [0.4, 0.5) is 4.79 Å². The highest BCUT2D eigenvalue weighted by Crippen LogP contribution is 2.17. The van der Waals surface area contributed by atoms with Crippen molar-refractivity contribution in [1.82, 2.24) is 10.6 Å². The number of aliphatic imine (C=N–C) groups is 1. The zero-order valence-electron chi connectivity index (χ0n) is 19.9. The normalized spacial score (nSPS) is 11.3. The van der Waals surface area contributed by atoms with E-state index in [4.69, 9.17) is 4.74 Å². The molecule has 0 bridgehead atoms. The number of carboxylic acid groups (broad SMARTS) is 1. The van der Waals surface area contributed by atoms with Gasteiger partial charge in [-0.25, -0.2) is 19.4 Å². The van der Waals surface area contributed by atoms with E-state index in [1.54, 1.807) is 59.7 Å². The Labute approximate surface area is 193 Å². The number of nitrogens with zero attached hydrogens (tertiary/aromatic N) is 1. The molecule has 0 radical (unpaired) electrons. The topological polar surface area (TPSA) is 134 Å². The van der Waals surface area contributed by atoms with Gasteiger partial charge in [-0.05, 0) is 64.8 Å². The van der Waals surface area contributed by atoms with Crippen molar-refractivity contribution in [3.8, 4) is 0 Å². The molecule has 178 valence electrons. The van der Waals surface area contributed by atoms with Crippen molar-refractivity contribution in [2.75, 3.05) is 6.54 Å². The highest BCUT2D eigenvalue weighted by atomic mass is 16.6. The van der Waals surface area contributed by atoms with E-state index in [1.807, 2.05) is 0 Å². The summed E-state index contributed by atoms with van der Waals surface area (Å²) in [4.78, 5) is 51.2. The van der Waals surface area contributed by atoms with Crippen LogP contribution in [0.15, 0.2) is 47.0 Å². The minimum Gasteiger partial charge on any atom is -0.478 e. The van der Waals surface area contributed by atoms with Crippen LogP contribution >= 0.6 is 0 Å². The number of hydrogen-bond acceptors (Lipinski definition) is 5. The van der Waals surface area contributed by atoms with Crippen LogP contribution in [0.2, 0.25) is 0 Å². The number of carbonyl (C=O) groups excluding carboxylic acids is 3. The van der Waals surface area contributed by atoms with Gasteiger partial charge in [0, 0.05) is 17.8 Å². The van der Waals surface area contributed by atoms with E-state index in [2.05, 4.69) is 22.2 Å². The molecule has 33 heavy (non-hydrogen) atoms. The fourth-order valence-corrected chi connectivity index (χ4v) is 2.57. The lowest BCUT2D eigenvalue weighted by molar-refractivity contribution is -0.132. The molecule has 0 spiro atoms. The van der Waals surface area contributed by atoms with Gasteiger partial charge in [0.1, 0.15) is 5.60 Å². The SMILES string of the molecule is C=C(/C=C(\CNC(=O)N=C(C)C)C(=O)O)C(=O)NCc1ccc(C(=O)OC(C)(C)C)c(C)c1. The average Bonchev–Trinajstić information content (AvgIpc) is 2.66. The maximum Gasteiger partial charge on any atom is 0.341 e. The molecule has 0 atom stereocenters. The van der Waals surface area contributed by atoms with E-state index >= 15 is 0 Å². The number of esters is 1. The van der Waals surface area contributed by atoms with Crippen LogP contribution in [-0.4, -0.2) is 46.8 Å². The maximum atomic E-state index is 12.3. The first-order valence-electron chi connectivity index (χ1n) is 10.2. The molecule has 1 aromatic carbocycles. The third-order valence-electron chi connectivity index (χ3n) is 4.03. The second-order valence-corrected chi connectivity index (χ2v) is 8.55. The Morgan fingerprint density at radius 1 is 1.15 bits per heavy atom. The van der Waals surface area contributed by atoms with Crippen molar-refractivity contribution >= 4 is 29.6 Å². The van der Waals surface area contributed by atoms with Crippen molar-refractivity contribution in [1.29, 1.82) is 0 Å². The first-order chi connectivity index (χ1) is 15.2. The van der Waals surface area contributed by atoms with Gasteiger partial charge in [0.05, 0.1) is 17.7 Å². The second-order valence-electron chi connectivity index (χ2n) is 8.55. The first kappa shape index (κ1) is 27.3. The molecule has 0 saturated carbocycles. The minimum absolute atomic E-state index is 0.0843. The third kappa shape index (κ3) is 9.94. The summed E-state index contributed by atoms with van der Waals surface area (Å²) in [5.41, 5.74) is 1.48. The molecule has 0 aromatic heterocycles. The average molecular weight is 458 g/mol. The van der Waals surface area contributed by atoms with Gasteiger partial charge in [0.2, 0.25) is 0 Å². The zero-order valence-corrected chi connectivity index (χ0v) is 19.9. The van der Waals surface area contributed by atoms with Crippen molar-refractivity contribution in [2.45, 2.75) is 53.7 Å². The highest BCUT2D eigenvalue weighted by Gasteiger charge is 2.19. The molecule has 0 heterocycles. The fraction of sp³-hybridized carbons (Fsp3) is 0.375. The summed E-state index contributed by atoms with van der Waals surface area (Å²) >= 11 is 0. The number of rotatable bonds is 8. The van der Waals surface area contributed by atoms with Gasteiger partial charge in [-0.1, -0.05) is 18.7 Å². The number of benzene rings is 1. The number of nitrogens with one attached hydrogen (secondary N) is 2. The molecule has 3 N–H and O–H groups in total. The van der Waals surface area contributed by atoms with Gasteiger partial charge in [0.15, 0.2) is 0 Å². The van der Waals surface area contributed by atoms with Crippen molar-refractivity contribution in [3.63, 3.8) is 0 Å². The Morgan fingerprint density at radius 2 is 1.79 bits per heavy atom. The molecule has 0 saturated heterocycles. The molecule has 3 amide bonds. The summed E-state index contributed by atoms with van der Waals surface area (Å²) in [6.07, 6.45) is 1.09. The molecule has 9 heteroatoms. The number of aryl methyl sites for hydroxylation is 1. The second kappa shape index (κ2) is 11.8. The summed E-state index contributed by atoms with van der Waals surface area (Å²) in [6.45, 7) is 13.8. The highest BCUT2D eigenvalue weighted by molar-refractivity contribution is 5.99. The van der Waals surface area contributed by atoms with Crippen molar-refractivity contribution < 1.29 is 29.0 Å². The molecular weight excluding hydrogens is 426 g/mol. The van der Waals surface area contributed by atoms with Crippen LogP contribution in [0.3, 0.4) is 0 Å². The number of ether oxygens (including phenoxy) is 1. The smallest absolute Gasteiger partial charge is 0.341 e. The van der Waals surface area contributed by atoms with Crippen molar-refractivity contribution in [3.05, 3.63) is 58.7 Å². The van der Waals surface area contributed by atoms with E-state index in [-0.39, 0.29) is 24.2 Å². The van der Waals surface area contributed by atoms with E-state index in [0.29, 0.717) is 16.8 Å². The largest absolute Gasteiger partial charge is 0.478 e. The Kier molecular flexibility index (Phi) is 9.72. The molecule has 0 aliphatic rings. The number of carboxylic acids is 1. The molecule has 0 fully saturated rings. The summed E-state index contributed by atoms with van der Waals surface area (Å²) < 4.78 is 5.38. The van der Waals surface area contributed by atoms with Crippen LogP contribution in [0.1, 0.15) is 56.1 Å². The Balaban J connectivity index is 2.78. The van der Waals surface area contributed by atoms with Gasteiger partial charge >= 0.3 is 18.0 Å². The van der Waals surface area contributed by atoms with Gasteiger partial charge in [0.25, 0.3) is 5.91 Å². The van der Waals surface area contributed by atoms with Gasteiger partial charge in [-0.15, -0.1) is 0 Å². The summed E-state index contributed by atoms with van der Waals surface area (Å²) in [6, 6.07) is 4.40. The van der Waals surface area contributed by atoms with E-state index in [1.165, 1.54) is 0 Å². The van der Waals surface area contributed by atoms with E-state index < -0.39 is 29.5 Å². The Bertz CT molecular complexity index is 1010. The summed E-state index contributed by atoms with van der Waals surface area (Å²) in [5.74, 6) is -2.30. The van der Waals surface area contributed by atoms with Crippen LogP contribution in [0.5, 0.6) is 0 Å². The third-order valence-corrected chi connectivity index (χ3v) is 4.03. The quantitative estimate of drug-likeness (QED) is 0.237. The minimum atomic E-state index is -1.30. The molecule has 0 aliphatic heterocycles. The summed E-state index contributed by atoms with van der Waals surface area (Å²) in [7, 11) is 0. The predicted octanol–water partition coefficient (Wildman–Crippen LogP) is 3.32. The lowest BCUT2D eigenvalue weighted by atomic mass is 10.0.